The number of carbonyl (C=O) groups is 2. The molecule has 1 heterocycles. The third-order valence-corrected chi connectivity index (χ3v) is 13.5. The fraction of sp³-hybridized carbons (Fsp3) is 0.466. The first kappa shape index (κ1) is 57.6. The summed E-state index contributed by atoms with van der Waals surface area (Å²) in [7, 11) is 0. The Bertz CT molecular complexity index is 2640. The van der Waals surface area contributed by atoms with Crippen LogP contribution in [0.5, 0.6) is 17.4 Å². The molecule has 0 aliphatic heterocycles. The van der Waals surface area contributed by atoms with Crippen molar-refractivity contribution in [3.63, 3.8) is 0 Å². The number of pyridine rings is 1. The molecular formula is C58H71Cl2N3O8. The quantitative estimate of drug-likeness (QED) is 0.0200. The maximum Gasteiger partial charge on any atom is 0.338 e. The number of rotatable bonds is 30. The third-order valence-electron chi connectivity index (χ3n) is 12.9. The number of allylic oxidation sites excluding steroid dienone is 3. The van der Waals surface area contributed by atoms with Gasteiger partial charge in [-0.05, 0) is 92.3 Å². The van der Waals surface area contributed by atoms with Crippen LogP contribution in [0.1, 0.15) is 191 Å². The second kappa shape index (κ2) is 30.7. The molecule has 0 saturated carbocycles. The van der Waals surface area contributed by atoms with Crippen LogP contribution in [-0.4, -0.2) is 45.0 Å². The number of esters is 2. The molecule has 0 spiro atoms. The zero-order valence-corrected chi connectivity index (χ0v) is 43.5. The van der Waals surface area contributed by atoms with Crippen LogP contribution in [0, 0.1) is 31.8 Å². The highest BCUT2D eigenvalue weighted by Crippen LogP contribution is 2.50. The molecule has 71 heavy (non-hydrogen) atoms. The van der Waals surface area contributed by atoms with E-state index in [9.17, 15) is 35.0 Å². The minimum atomic E-state index is -0.829. The molecule has 0 bridgehead atoms. The number of hydrogen-bond donors (Lipinski definition) is 3. The van der Waals surface area contributed by atoms with E-state index in [1.807, 2.05) is 6.07 Å². The highest BCUT2D eigenvalue weighted by atomic mass is 35.5. The average Bonchev–Trinajstić information content (AvgIpc) is 3.35. The molecule has 4 aromatic rings. The Kier molecular flexibility index (Phi) is 24.9. The Labute approximate surface area is 430 Å². The lowest BCUT2D eigenvalue weighted by Gasteiger charge is -2.18. The van der Waals surface area contributed by atoms with Crippen LogP contribution in [0.15, 0.2) is 59.4 Å². The van der Waals surface area contributed by atoms with Gasteiger partial charge in [0.1, 0.15) is 23.1 Å². The van der Waals surface area contributed by atoms with Gasteiger partial charge in [0, 0.05) is 16.1 Å². The number of halogens is 2. The van der Waals surface area contributed by atoms with Crippen molar-refractivity contribution in [2.45, 2.75) is 163 Å². The highest BCUT2D eigenvalue weighted by molar-refractivity contribution is 6.34. The van der Waals surface area contributed by atoms with Crippen LogP contribution in [0.3, 0.4) is 0 Å². The van der Waals surface area contributed by atoms with Crippen LogP contribution in [0.2, 0.25) is 10.0 Å². The highest BCUT2D eigenvalue weighted by Gasteiger charge is 2.25. The summed E-state index contributed by atoms with van der Waals surface area (Å²) in [6, 6.07) is 10.6. The monoisotopic (exact) mass is 1010 g/mol. The number of benzene rings is 3. The van der Waals surface area contributed by atoms with Crippen molar-refractivity contribution >= 4 is 46.9 Å². The first-order valence-electron chi connectivity index (χ1n) is 25.4. The molecule has 0 aliphatic rings. The molecular weight excluding hydrogens is 938 g/mol. The first-order valence-corrected chi connectivity index (χ1v) is 26.2. The lowest BCUT2D eigenvalue weighted by Crippen LogP contribution is -2.24. The first-order chi connectivity index (χ1) is 34.3. The Hall–Kier alpha value is -6.01. The van der Waals surface area contributed by atoms with Crippen LogP contribution < -0.4 is 5.56 Å². The molecule has 4 rings (SSSR count). The van der Waals surface area contributed by atoms with E-state index >= 15 is 0 Å². The maximum absolute atomic E-state index is 13.7. The molecule has 0 radical (unpaired) electrons. The molecule has 0 atom stereocenters. The van der Waals surface area contributed by atoms with E-state index in [1.54, 1.807) is 25.2 Å². The van der Waals surface area contributed by atoms with E-state index in [2.05, 4.69) is 18.7 Å². The summed E-state index contributed by atoms with van der Waals surface area (Å²) in [6.07, 6.45) is 29.3. The Morgan fingerprint density at radius 2 is 1.20 bits per heavy atom. The number of nitrogens with zero attached hydrogens (tertiary/aromatic N) is 3. The molecule has 0 saturated heterocycles. The van der Waals surface area contributed by atoms with Crippen molar-refractivity contribution in [1.29, 1.82) is 5.26 Å². The SMILES string of the molecule is [C-]#[N+]c1c(C)c(CC=CC=Cc2c(C)c(C#N)c(=O)n(-c3cc(C(=O)OCCCCCCCCCCCC)ccc3Cl)c2O)c(O)c(-c2cc(C(=O)OCCCCCCCCCCCC)ccc2Cl)c1O. The summed E-state index contributed by atoms with van der Waals surface area (Å²) in [5.41, 5.74) is 0.126. The minimum Gasteiger partial charge on any atom is -0.518 e. The normalized spacial score (nSPS) is 11.3. The van der Waals surface area contributed by atoms with Crippen molar-refractivity contribution in [1.82, 2.24) is 4.57 Å². The van der Waals surface area contributed by atoms with E-state index in [0.717, 1.165) is 55.9 Å². The van der Waals surface area contributed by atoms with E-state index in [0.29, 0.717) is 11.1 Å². The van der Waals surface area contributed by atoms with Crippen molar-refractivity contribution < 1.29 is 34.4 Å². The summed E-state index contributed by atoms with van der Waals surface area (Å²) in [6.45, 7) is 15.9. The number of phenols is 2. The predicted molar refractivity (Wildman–Crippen MR) is 286 cm³/mol. The zero-order chi connectivity index (χ0) is 51.7. The number of unbranched alkanes of at least 4 members (excludes halogenated alkanes) is 18. The topological polar surface area (TPSA) is 163 Å². The van der Waals surface area contributed by atoms with Crippen molar-refractivity contribution in [3.05, 3.63) is 125 Å². The summed E-state index contributed by atoms with van der Waals surface area (Å²) in [4.78, 5) is 43.5. The van der Waals surface area contributed by atoms with Crippen LogP contribution in [-0.2, 0) is 15.9 Å². The van der Waals surface area contributed by atoms with Gasteiger partial charge in [0.25, 0.3) is 5.56 Å². The van der Waals surface area contributed by atoms with E-state index in [4.69, 9.17) is 39.2 Å². The van der Waals surface area contributed by atoms with Crippen molar-refractivity contribution in [2.24, 2.45) is 0 Å². The fourth-order valence-electron chi connectivity index (χ4n) is 8.61. The standard InChI is InChI=1S/C58H71Cl2N3O8/c1-6-8-10-12-14-16-18-20-22-27-35-70-57(68)42-31-33-48(59)46(37-42)51-53(64)44(41(4)52(62-5)54(51)65)29-25-24-26-30-45-40(3)47(39-61)56(67)63(55(45)66)50-38-43(32-34-49(50)60)58(69)71-36-28-23-21-19-17-15-13-11-9-7-2/h24-26,30-34,37-38,64-66H,6-23,27-29,35-36H2,1-4H3. The number of aromatic hydroxyl groups is 3. The number of aromatic nitrogens is 1. The van der Waals surface area contributed by atoms with Gasteiger partial charge in [-0.25, -0.2) is 19.0 Å². The van der Waals surface area contributed by atoms with Gasteiger partial charge in [-0.2, -0.15) is 5.26 Å². The van der Waals surface area contributed by atoms with Gasteiger partial charge in [0.15, 0.2) is 0 Å². The van der Waals surface area contributed by atoms with Gasteiger partial charge >= 0.3 is 11.9 Å². The van der Waals surface area contributed by atoms with Gasteiger partial charge in [-0.1, -0.05) is 171 Å². The zero-order valence-electron chi connectivity index (χ0n) is 42.0. The Morgan fingerprint density at radius 3 is 1.70 bits per heavy atom. The predicted octanol–water partition coefficient (Wildman–Crippen LogP) is 15.9. The second-order valence-electron chi connectivity index (χ2n) is 18.1. The molecule has 3 aromatic carbocycles. The summed E-state index contributed by atoms with van der Waals surface area (Å²) < 4.78 is 12.0. The molecule has 0 aliphatic carbocycles. The second-order valence-corrected chi connectivity index (χ2v) is 18.9. The maximum atomic E-state index is 13.7. The number of hydrogen-bond acceptors (Lipinski definition) is 9. The summed E-state index contributed by atoms with van der Waals surface area (Å²) in [5, 5.41) is 44.8. The average molecular weight is 1010 g/mol. The van der Waals surface area contributed by atoms with E-state index in [-0.39, 0.29) is 85.7 Å². The van der Waals surface area contributed by atoms with Gasteiger partial charge in [-0.3, -0.25) is 4.79 Å². The van der Waals surface area contributed by atoms with Gasteiger partial charge in [0.05, 0.1) is 47.2 Å². The Balaban J connectivity index is 1.48. The molecule has 0 fully saturated rings. The van der Waals surface area contributed by atoms with E-state index in [1.165, 1.54) is 126 Å². The molecule has 0 unspecified atom stereocenters. The van der Waals surface area contributed by atoms with Crippen LogP contribution >= 0.6 is 23.2 Å². The number of nitriles is 1. The van der Waals surface area contributed by atoms with Gasteiger partial charge < -0.3 is 24.8 Å². The Morgan fingerprint density at radius 1 is 0.704 bits per heavy atom. The third kappa shape index (κ3) is 16.5. The molecule has 11 nitrogen and oxygen atoms in total. The minimum absolute atomic E-state index is 0.0131. The van der Waals surface area contributed by atoms with Crippen LogP contribution in [0.4, 0.5) is 5.69 Å². The molecule has 380 valence electrons. The van der Waals surface area contributed by atoms with Gasteiger partial charge in [-0.15, -0.1) is 0 Å². The lowest BCUT2D eigenvalue weighted by atomic mass is 9.92. The molecule has 3 N–H and O–H groups in total. The summed E-state index contributed by atoms with van der Waals surface area (Å²) >= 11 is 13.2. The number of ether oxygens (including phenoxy) is 2. The van der Waals surface area contributed by atoms with Gasteiger partial charge in [0.2, 0.25) is 11.6 Å². The van der Waals surface area contributed by atoms with Crippen molar-refractivity contribution in [2.75, 3.05) is 13.2 Å². The summed E-state index contributed by atoms with van der Waals surface area (Å²) in [5.74, 6) is -2.52. The van der Waals surface area contributed by atoms with Crippen molar-refractivity contribution in [3.8, 4) is 40.3 Å². The number of carbonyl (C=O) groups excluding carboxylic acids is 2. The molecule has 1 aromatic heterocycles. The largest absolute Gasteiger partial charge is 0.518 e. The molecule has 0 amide bonds. The van der Waals surface area contributed by atoms with E-state index < -0.39 is 29.1 Å². The number of phenolic OH excluding ortho intramolecular Hbond substituents is 2. The smallest absolute Gasteiger partial charge is 0.338 e. The lowest BCUT2D eigenvalue weighted by molar-refractivity contribution is 0.0488. The molecule has 13 heteroatoms. The van der Waals surface area contributed by atoms with Crippen LogP contribution in [0.25, 0.3) is 27.7 Å². The fourth-order valence-corrected chi connectivity index (χ4v) is 9.03.